The Morgan fingerprint density at radius 3 is 2.72 bits per heavy atom. The molecule has 0 bridgehead atoms. The van der Waals surface area contributed by atoms with Crippen LogP contribution in [0.15, 0.2) is 24.3 Å². The van der Waals surface area contributed by atoms with Crippen molar-refractivity contribution >= 4 is 5.97 Å². The van der Waals surface area contributed by atoms with Gasteiger partial charge in [0.25, 0.3) is 0 Å². The van der Waals surface area contributed by atoms with Crippen molar-refractivity contribution in [2.24, 2.45) is 0 Å². The van der Waals surface area contributed by atoms with Crippen LogP contribution in [0.2, 0.25) is 0 Å². The Labute approximate surface area is 107 Å². The second-order valence-corrected chi connectivity index (χ2v) is 5.02. The van der Waals surface area contributed by atoms with Crippen LogP contribution in [-0.4, -0.2) is 29.8 Å². The number of hydrogen-bond acceptors (Lipinski definition) is 3. The molecule has 2 N–H and O–H groups in total. The Morgan fingerprint density at radius 2 is 2.17 bits per heavy atom. The molecule has 0 saturated carbocycles. The fraction of sp³-hybridized carbons (Fsp3) is 0.500. The van der Waals surface area contributed by atoms with Crippen molar-refractivity contribution in [2.45, 2.75) is 32.0 Å². The molecule has 1 atom stereocenters. The van der Waals surface area contributed by atoms with Gasteiger partial charge in [0.1, 0.15) is 0 Å². The van der Waals surface area contributed by atoms with Gasteiger partial charge in [0.2, 0.25) is 0 Å². The van der Waals surface area contributed by atoms with Crippen LogP contribution >= 0.6 is 0 Å². The molecule has 0 aliphatic carbocycles. The van der Waals surface area contributed by atoms with Crippen LogP contribution < -0.4 is 5.32 Å². The predicted octanol–water partition coefficient (Wildman–Crippen LogP) is 2.04. The summed E-state index contributed by atoms with van der Waals surface area (Å²) in [5, 5.41) is 12.1. The van der Waals surface area contributed by atoms with Gasteiger partial charge in [0.05, 0.1) is 17.8 Å². The molecule has 1 aliphatic rings. The lowest BCUT2D eigenvalue weighted by Crippen LogP contribution is -2.45. The molecular formula is C14H19NO3. The molecule has 1 aliphatic heterocycles. The minimum atomic E-state index is -0.897. The van der Waals surface area contributed by atoms with E-state index in [0.29, 0.717) is 12.2 Å². The summed E-state index contributed by atoms with van der Waals surface area (Å²) in [5.74, 6) is -0.897. The molecule has 1 heterocycles. The first-order valence-corrected chi connectivity index (χ1v) is 6.26. The summed E-state index contributed by atoms with van der Waals surface area (Å²) in [6.07, 6.45) is 2.20. The number of carboxylic acid groups (broad SMARTS) is 1. The van der Waals surface area contributed by atoms with Gasteiger partial charge in [-0.1, -0.05) is 12.1 Å². The number of benzene rings is 1. The molecule has 4 nitrogen and oxygen atoms in total. The first kappa shape index (κ1) is 13.1. The predicted molar refractivity (Wildman–Crippen MR) is 68.7 cm³/mol. The van der Waals surface area contributed by atoms with Crippen LogP contribution in [0.25, 0.3) is 0 Å². The summed E-state index contributed by atoms with van der Waals surface area (Å²) < 4.78 is 5.95. The fourth-order valence-corrected chi connectivity index (χ4v) is 2.15. The largest absolute Gasteiger partial charge is 0.478 e. The van der Waals surface area contributed by atoms with E-state index in [1.165, 1.54) is 0 Å². The van der Waals surface area contributed by atoms with E-state index in [2.05, 4.69) is 12.2 Å². The Balaban J connectivity index is 1.91. The summed E-state index contributed by atoms with van der Waals surface area (Å²) in [4.78, 5) is 10.7. The smallest absolute Gasteiger partial charge is 0.335 e. The van der Waals surface area contributed by atoms with Gasteiger partial charge in [-0.3, -0.25) is 0 Å². The number of piperidine rings is 1. The van der Waals surface area contributed by atoms with Gasteiger partial charge in [-0.15, -0.1) is 0 Å². The summed E-state index contributed by atoms with van der Waals surface area (Å²) in [7, 11) is 0. The summed E-state index contributed by atoms with van der Waals surface area (Å²) in [6, 6.07) is 6.84. The number of carboxylic acids is 1. The Morgan fingerprint density at radius 1 is 1.44 bits per heavy atom. The van der Waals surface area contributed by atoms with Crippen molar-refractivity contribution in [1.82, 2.24) is 5.32 Å². The zero-order valence-corrected chi connectivity index (χ0v) is 10.6. The molecule has 0 spiro atoms. The lowest BCUT2D eigenvalue weighted by atomic mass is 9.96. The Bertz CT molecular complexity index is 408. The molecule has 1 saturated heterocycles. The van der Waals surface area contributed by atoms with Gasteiger partial charge in [-0.05, 0) is 44.0 Å². The highest BCUT2D eigenvalue weighted by Crippen LogP contribution is 2.21. The fourth-order valence-electron chi connectivity index (χ4n) is 2.15. The second kappa shape index (κ2) is 5.50. The van der Waals surface area contributed by atoms with Gasteiger partial charge in [0, 0.05) is 6.54 Å². The topological polar surface area (TPSA) is 58.6 Å². The van der Waals surface area contributed by atoms with Crippen molar-refractivity contribution in [1.29, 1.82) is 0 Å². The highest BCUT2D eigenvalue weighted by molar-refractivity contribution is 5.87. The van der Waals surface area contributed by atoms with E-state index in [-0.39, 0.29) is 5.60 Å². The first-order valence-electron chi connectivity index (χ1n) is 6.26. The van der Waals surface area contributed by atoms with Crippen LogP contribution in [0.4, 0.5) is 0 Å². The van der Waals surface area contributed by atoms with Crippen LogP contribution in [-0.2, 0) is 11.3 Å². The lowest BCUT2D eigenvalue weighted by molar-refractivity contribution is -0.0571. The highest BCUT2D eigenvalue weighted by atomic mass is 16.5. The summed E-state index contributed by atoms with van der Waals surface area (Å²) >= 11 is 0. The Kier molecular flexibility index (Phi) is 3.99. The molecule has 98 valence electrons. The second-order valence-electron chi connectivity index (χ2n) is 5.02. The third-order valence-corrected chi connectivity index (χ3v) is 3.35. The average Bonchev–Trinajstić information content (AvgIpc) is 2.38. The quantitative estimate of drug-likeness (QED) is 0.857. The van der Waals surface area contributed by atoms with Crippen molar-refractivity contribution in [3.8, 4) is 0 Å². The van der Waals surface area contributed by atoms with Crippen LogP contribution in [0.1, 0.15) is 35.7 Å². The monoisotopic (exact) mass is 249 g/mol. The number of nitrogens with one attached hydrogen (secondary N) is 1. The van der Waals surface area contributed by atoms with Gasteiger partial charge >= 0.3 is 5.97 Å². The molecular weight excluding hydrogens is 230 g/mol. The number of aromatic carboxylic acids is 1. The normalized spacial score (nSPS) is 23.8. The molecule has 2 rings (SSSR count). The lowest BCUT2D eigenvalue weighted by Gasteiger charge is -2.34. The molecule has 1 fully saturated rings. The van der Waals surface area contributed by atoms with E-state index in [0.717, 1.165) is 31.5 Å². The van der Waals surface area contributed by atoms with E-state index >= 15 is 0 Å². The summed E-state index contributed by atoms with van der Waals surface area (Å²) in [5.41, 5.74) is 1.21. The number of hydrogen-bond donors (Lipinski definition) is 2. The first-order chi connectivity index (χ1) is 8.59. The zero-order chi connectivity index (χ0) is 13.0. The van der Waals surface area contributed by atoms with E-state index in [4.69, 9.17) is 9.84 Å². The maximum absolute atomic E-state index is 10.7. The van der Waals surface area contributed by atoms with Crippen LogP contribution in [0.5, 0.6) is 0 Å². The van der Waals surface area contributed by atoms with Crippen molar-refractivity contribution in [3.63, 3.8) is 0 Å². The van der Waals surface area contributed by atoms with Gasteiger partial charge in [-0.25, -0.2) is 4.79 Å². The molecule has 18 heavy (non-hydrogen) atoms. The molecule has 4 heteroatoms. The molecule has 1 aromatic carbocycles. The molecule has 1 unspecified atom stereocenters. The number of ether oxygens (including phenoxy) is 1. The zero-order valence-electron chi connectivity index (χ0n) is 10.6. The van der Waals surface area contributed by atoms with E-state index in [9.17, 15) is 4.79 Å². The number of carbonyl (C=O) groups is 1. The maximum Gasteiger partial charge on any atom is 0.335 e. The van der Waals surface area contributed by atoms with E-state index in [1.807, 2.05) is 12.1 Å². The Hall–Kier alpha value is -1.39. The molecule has 0 aromatic heterocycles. The standard InChI is InChI=1S/C14H19NO3/c1-14(7-2-8-15-10-14)18-9-11-3-5-12(6-4-11)13(16)17/h3-6,15H,2,7-10H2,1H3,(H,16,17). The van der Waals surface area contributed by atoms with Gasteiger partial charge in [0.15, 0.2) is 0 Å². The maximum atomic E-state index is 10.7. The van der Waals surface area contributed by atoms with Crippen molar-refractivity contribution in [2.75, 3.05) is 13.1 Å². The minimum absolute atomic E-state index is 0.107. The third-order valence-electron chi connectivity index (χ3n) is 3.35. The third kappa shape index (κ3) is 3.31. The van der Waals surface area contributed by atoms with Crippen molar-refractivity contribution < 1.29 is 14.6 Å². The number of rotatable bonds is 4. The molecule has 1 aromatic rings. The van der Waals surface area contributed by atoms with Gasteiger partial charge in [-0.2, -0.15) is 0 Å². The van der Waals surface area contributed by atoms with E-state index < -0.39 is 5.97 Å². The van der Waals surface area contributed by atoms with Crippen LogP contribution in [0.3, 0.4) is 0 Å². The van der Waals surface area contributed by atoms with Gasteiger partial charge < -0.3 is 15.2 Å². The van der Waals surface area contributed by atoms with Crippen LogP contribution in [0, 0.1) is 0 Å². The molecule has 0 radical (unpaired) electrons. The highest BCUT2D eigenvalue weighted by Gasteiger charge is 2.27. The average molecular weight is 249 g/mol. The minimum Gasteiger partial charge on any atom is -0.478 e. The SMILES string of the molecule is CC1(OCc2ccc(C(=O)O)cc2)CCCNC1. The summed E-state index contributed by atoms with van der Waals surface area (Å²) in [6.45, 7) is 4.58. The van der Waals surface area contributed by atoms with Crippen molar-refractivity contribution in [3.05, 3.63) is 35.4 Å². The van der Waals surface area contributed by atoms with E-state index in [1.54, 1.807) is 12.1 Å². The molecule has 0 amide bonds.